The first-order chi connectivity index (χ1) is 13.4. The molecular weight excluding hydrogens is 377 g/mol. The number of sulfone groups is 1. The summed E-state index contributed by atoms with van der Waals surface area (Å²) in [6, 6.07) is 12.2. The lowest BCUT2D eigenvalue weighted by Gasteiger charge is -2.18. The molecule has 0 aliphatic carbocycles. The molecule has 1 saturated heterocycles. The van der Waals surface area contributed by atoms with E-state index in [9.17, 15) is 12.8 Å². The summed E-state index contributed by atoms with van der Waals surface area (Å²) in [4.78, 5) is 2.49. The Kier molecular flexibility index (Phi) is 3.93. The zero-order valence-electron chi connectivity index (χ0n) is 15.4. The van der Waals surface area contributed by atoms with E-state index in [1.54, 1.807) is 29.1 Å². The number of benzene rings is 2. The fraction of sp³-hybridized carbons (Fsp3) is 0.286. The van der Waals surface area contributed by atoms with Gasteiger partial charge in [0.2, 0.25) is 0 Å². The summed E-state index contributed by atoms with van der Waals surface area (Å²) < 4.78 is 41.9. The molecular formula is C21H20FN3O2S. The van der Waals surface area contributed by atoms with E-state index in [1.165, 1.54) is 6.07 Å². The molecule has 5 nitrogen and oxygen atoms in total. The largest absolute Gasteiger partial charge is 0.297 e. The molecule has 3 heterocycles. The Hall–Kier alpha value is -2.51. The third kappa shape index (κ3) is 2.69. The first-order valence-corrected chi connectivity index (χ1v) is 10.8. The van der Waals surface area contributed by atoms with Crippen molar-refractivity contribution >= 4 is 9.84 Å². The molecule has 2 aliphatic rings. The summed E-state index contributed by atoms with van der Waals surface area (Å²) in [5, 5.41) is 3.74. The fourth-order valence-corrected chi connectivity index (χ4v) is 6.67. The molecule has 144 valence electrons. The van der Waals surface area contributed by atoms with Gasteiger partial charge in [-0.1, -0.05) is 24.3 Å². The van der Waals surface area contributed by atoms with E-state index in [0.29, 0.717) is 30.1 Å². The Labute approximate surface area is 163 Å². The lowest BCUT2D eigenvalue weighted by molar-refractivity contribution is 0.320. The number of aromatic nitrogens is 2. The van der Waals surface area contributed by atoms with Crippen LogP contribution in [0.5, 0.6) is 0 Å². The summed E-state index contributed by atoms with van der Waals surface area (Å²) in [5.74, 6) is -0.329. The highest BCUT2D eigenvalue weighted by molar-refractivity contribution is 7.92. The molecule has 5 rings (SSSR count). The first kappa shape index (κ1) is 17.6. The minimum absolute atomic E-state index is 0.0802. The average molecular weight is 397 g/mol. The Morgan fingerprint density at radius 3 is 2.71 bits per heavy atom. The monoisotopic (exact) mass is 397 g/mol. The Bertz CT molecular complexity index is 1170. The van der Waals surface area contributed by atoms with Crippen LogP contribution in [0, 0.1) is 5.82 Å². The van der Waals surface area contributed by atoms with E-state index in [2.05, 4.69) is 5.10 Å². The van der Waals surface area contributed by atoms with Crippen LogP contribution in [0.3, 0.4) is 0 Å². The molecule has 1 aromatic heterocycles. The van der Waals surface area contributed by atoms with Gasteiger partial charge in [0.1, 0.15) is 5.82 Å². The van der Waals surface area contributed by atoms with Crippen molar-refractivity contribution in [2.45, 2.75) is 22.6 Å². The van der Waals surface area contributed by atoms with Gasteiger partial charge in [0, 0.05) is 49.9 Å². The van der Waals surface area contributed by atoms with E-state index in [0.717, 1.165) is 16.7 Å². The van der Waals surface area contributed by atoms with Crippen molar-refractivity contribution in [2.75, 3.05) is 13.1 Å². The topological polar surface area (TPSA) is 55.2 Å². The van der Waals surface area contributed by atoms with E-state index >= 15 is 0 Å². The van der Waals surface area contributed by atoms with Gasteiger partial charge in [-0.05, 0) is 29.3 Å². The zero-order valence-corrected chi connectivity index (χ0v) is 16.2. The SMILES string of the molecule is Cn1cc(-c2ccc3c(c2)[C@@H]2CN(Cc4ccccc4F)C[C@@H]2S3(=O)=O)cn1. The summed E-state index contributed by atoms with van der Waals surface area (Å²) in [7, 11) is -1.51. The molecule has 0 radical (unpaired) electrons. The number of hydrogen-bond donors (Lipinski definition) is 0. The number of hydrogen-bond acceptors (Lipinski definition) is 4. The van der Waals surface area contributed by atoms with Crippen LogP contribution in [0.1, 0.15) is 17.0 Å². The van der Waals surface area contributed by atoms with Crippen molar-refractivity contribution in [1.82, 2.24) is 14.7 Å². The molecule has 0 saturated carbocycles. The minimum Gasteiger partial charge on any atom is -0.297 e. The quantitative estimate of drug-likeness (QED) is 0.682. The second-order valence-corrected chi connectivity index (χ2v) is 9.77. The van der Waals surface area contributed by atoms with Gasteiger partial charge in [-0.25, -0.2) is 12.8 Å². The van der Waals surface area contributed by atoms with Crippen LogP contribution >= 0.6 is 0 Å². The summed E-state index contributed by atoms with van der Waals surface area (Å²) in [6.07, 6.45) is 3.70. The fourth-order valence-electron chi connectivity index (χ4n) is 4.47. The molecule has 0 N–H and O–H groups in total. The zero-order chi connectivity index (χ0) is 19.5. The highest BCUT2D eigenvalue weighted by atomic mass is 32.2. The van der Waals surface area contributed by atoms with Crippen LogP contribution in [0.15, 0.2) is 59.8 Å². The molecule has 0 unspecified atom stereocenters. The van der Waals surface area contributed by atoms with Crippen LogP contribution in [0.4, 0.5) is 4.39 Å². The van der Waals surface area contributed by atoms with Gasteiger partial charge < -0.3 is 0 Å². The molecule has 28 heavy (non-hydrogen) atoms. The molecule has 2 aliphatic heterocycles. The maximum atomic E-state index is 14.0. The van der Waals surface area contributed by atoms with Gasteiger partial charge in [0.15, 0.2) is 9.84 Å². The van der Waals surface area contributed by atoms with Crippen molar-refractivity contribution in [2.24, 2.45) is 7.05 Å². The predicted molar refractivity (Wildman–Crippen MR) is 104 cm³/mol. The van der Waals surface area contributed by atoms with Crippen molar-refractivity contribution in [3.05, 3.63) is 71.8 Å². The number of halogens is 1. The molecule has 2 atom stereocenters. The van der Waals surface area contributed by atoms with Crippen LogP contribution in [-0.2, 0) is 23.4 Å². The second-order valence-electron chi connectivity index (χ2n) is 7.63. The molecule has 0 amide bonds. The van der Waals surface area contributed by atoms with E-state index in [1.807, 2.05) is 36.3 Å². The maximum absolute atomic E-state index is 14.0. The van der Waals surface area contributed by atoms with Crippen LogP contribution in [0.25, 0.3) is 11.1 Å². The standard InChI is InChI=1S/C21H20FN3O2S/c1-24-10-16(9-23-24)14-6-7-20-17(8-14)18-12-25(13-21(18)28(20,26)27)11-15-4-2-3-5-19(15)22/h2-10,18,21H,11-13H2,1H3/t18-,21-/m0/s1. The second kappa shape index (κ2) is 6.25. The summed E-state index contributed by atoms with van der Waals surface area (Å²) in [5.41, 5.74) is 3.41. The Morgan fingerprint density at radius 2 is 1.96 bits per heavy atom. The Morgan fingerprint density at radius 1 is 1.14 bits per heavy atom. The van der Waals surface area contributed by atoms with Gasteiger partial charge in [0.25, 0.3) is 0 Å². The van der Waals surface area contributed by atoms with E-state index < -0.39 is 15.1 Å². The Balaban J connectivity index is 1.48. The van der Waals surface area contributed by atoms with Crippen LogP contribution < -0.4 is 0 Å². The average Bonchev–Trinajstić information content (AvgIpc) is 3.34. The van der Waals surface area contributed by atoms with E-state index in [-0.39, 0.29) is 11.7 Å². The number of aryl methyl sites for hydroxylation is 1. The van der Waals surface area contributed by atoms with Crippen molar-refractivity contribution in [3.63, 3.8) is 0 Å². The highest BCUT2D eigenvalue weighted by Gasteiger charge is 2.50. The molecule has 0 spiro atoms. The normalized spacial score (nSPS) is 22.9. The van der Waals surface area contributed by atoms with E-state index in [4.69, 9.17) is 0 Å². The van der Waals surface area contributed by atoms with Crippen molar-refractivity contribution in [1.29, 1.82) is 0 Å². The minimum atomic E-state index is -3.37. The summed E-state index contributed by atoms with van der Waals surface area (Å²) in [6.45, 7) is 1.47. The third-order valence-electron chi connectivity index (χ3n) is 5.85. The van der Waals surface area contributed by atoms with Crippen molar-refractivity contribution in [3.8, 4) is 11.1 Å². The molecule has 0 bridgehead atoms. The number of rotatable bonds is 3. The summed E-state index contributed by atoms with van der Waals surface area (Å²) >= 11 is 0. The van der Waals surface area contributed by atoms with Gasteiger partial charge >= 0.3 is 0 Å². The van der Waals surface area contributed by atoms with Gasteiger partial charge in [-0.2, -0.15) is 5.10 Å². The smallest absolute Gasteiger partial charge is 0.183 e. The molecule has 1 fully saturated rings. The van der Waals surface area contributed by atoms with Crippen LogP contribution in [-0.4, -0.2) is 41.4 Å². The first-order valence-electron chi connectivity index (χ1n) is 9.26. The number of nitrogens with zero attached hydrogens (tertiary/aromatic N) is 3. The molecule has 3 aromatic rings. The molecule has 7 heteroatoms. The lowest BCUT2D eigenvalue weighted by atomic mass is 9.95. The molecule has 2 aromatic carbocycles. The van der Waals surface area contributed by atoms with Crippen LogP contribution in [0.2, 0.25) is 0 Å². The van der Waals surface area contributed by atoms with Gasteiger partial charge in [-0.15, -0.1) is 0 Å². The maximum Gasteiger partial charge on any atom is 0.183 e. The predicted octanol–water partition coefficient (Wildman–Crippen LogP) is 2.98. The third-order valence-corrected chi connectivity index (χ3v) is 8.11. The van der Waals surface area contributed by atoms with Gasteiger partial charge in [0.05, 0.1) is 16.3 Å². The van der Waals surface area contributed by atoms with Crippen molar-refractivity contribution < 1.29 is 12.8 Å². The number of fused-ring (bicyclic) bond motifs is 3. The number of likely N-dealkylation sites (tertiary alicyclic amines) is 1. The van der Waals surface area contributed by atoms with Gasteiger partial charge in [-0.3, -0.25) is 9.58 Å². The highest BCUT2D eigenvalue weighted by Crippen LogP contribution is 2.46. The lowest BCUT2D eigenvalue weighted by Crippen LogP contribution is -2.26.